The van der Waals surface area contributed by atoms with Crippen molar-refractivity contribution >= 4 is 5.97 Å². The third-order valence-electron chi connectivity index (χ3n) is 9.57. The molecule has 26 heavy (non-hydrogen) atoms. The fourth-order valence-electron chi connectivity index (χ4n) is 8.66. The number of esters is 1. The Balaban J connectivity index is 1.48. The second kappa shape index (κ2) is 5.03. The number of carbonyl (C=O) groups is 1. The highest BCUT2D eigenvalue weighted by Crippen LogP contribution is 2.77. The first-order valence-corrected chi connectivity index (χ1v) is 10.5. The van der Waals surface area contributed by atoms with Crippen LogP contribution in [-0.2, 0) is 23.7 Å². The van der Waals surface area contributed by atoms with E-state index >= 15 is 0 Å². The Hall–Kier alpha value is -0.650. The molecule has 0 N–H and O–H groups in total. The highest BCUT2D eigenvalue weighted by molar-refractivity contribution is 5.78. The summed E-state index contributed by atoms with van der Waals surface area (Å²) in [4.78, 5) is 12.8. The molecule has 0 radical (unpaired) electrons. The van der Waals surface area contributed by atoms with Gasteiger partial charge in [0.15, 0.2) is 0 Å². The Morgan fingerprint density at radius 1 is 1.12 bits per heavy atom. The summed E-state index contributed by atoms with van der Waals surface area (Å²) in [6.45, 7) is 2.54. The fourth-order valence-corrected chi connectivity index (χ4v) is 8.66. The minimum Gasteiger partial charge on any atom is -0.435 e. The zero-order valence-corrected chi connectivity index (χ0v) is 15.9. The molecular weight excluding hydrogens is 332 g/mol. The van der Waals surface area contributed by atoms with Crippen molar-refractivity contribution in [3.05, 3.63) is 0 Å². The standard InChI is InChI=1S/C21H30O5/c1-19-5-3-6-20-13(19)10-16(25-18(20)26-17(19)22)21-7-4-12(8-14(20)21)9-15(21)24-11-23-2/h12-16,18H,3-11H2,1-2H3/t12?,13-,14?,15-,16+,18?,19-,20?,21+/m1/s1. The lowest BCUT2D eigenvalue weighted by Crippen LogP contribution is -2.80. The van der Waals surface area contributed by atoms with Gasteiger partial charge in [-0.3, -0.25) is 4.79 Å². The predicted octanol–water partition coefficient (Wildman–Crippen LogP) is 3.26. The molecule has 8 aliphatic rings. The number of hydrogen-bond acceptors (Lipinski definition) is 5. The smallest absolute Gasteiger partial charge is 0.314 e. The molecule has 2 spiro atoms. The van der Waals surface area contributed by atoms with Crippen LogP contribution in [0.4, 0.5) is 0 Å². The number of hydrogen-bond donors (Lipinski definition) is 0. The predicted molar refractivity (Wildman–Crippen MR) is 91.9 cm³/mol. The summed E-state index contributed by atoms with van der Waals surface area (Å²) in [5, 5.41) is 0. The highest BCUT2D eigenvalue weighted by atomic mass is 16.7. The van der Waals surface area contributed by atoms with Gasteiger partial charge in [0, 0.05) is 17.9 Å². The molecule has 5 saturated carbocycles. The lowest BCUT2D eigenvalue weighted by atomic mass is 9.33. The van der Waals surface area contributed by atoms with E-state index < -0.39 is 0 Å². The van der Waals surface area contributed by atoms with Crippen LogP contribution in [0, 0.1) is 34.0 Å². The quantitative estimate of drug-likeness (QED) is 0.570. The lowest BCUT2D eigenvalue weighted by Gasteiger charge is -2.77. The fraction of sp³-hybridized carbons (Fsp3) is 0.952. The van der Waals surface area contributed by atoms with Gasteiger partial charge in [-0.1, -0.05) is 6.42 Å². The maximum atomic E-state index is 12.8. The van der Waals surface area contributed by atoms with Crippen LogP contribution >= 0.6 is 0 Å². The molecule has 0 aromatic heterocycles. The van der Waals surface area contributed by atoms with Crippen molar-refractivity contribution in [1.29, 1.82) is 0 Å². The molecule has 5 heteroatoms. The Kier molecular flexibility index (Phi) is 3.16. The molecule has 0 aromatic carbocycles. The number of rotatable bonds is 3. The molecule has 0 amide bonds. The van der Waals surface area contributed by atoms with Crippen molar-refractivity contribution in [3.8, 4) is 0 Å². The molecule has 4 unspecified atom stereocenters. The van der Waals surface area contributed by atoms with Crippen molar-refractivity contribution in [2.75, 3.05) is 13.9 Å². The van der Waals surface area contributed by atoms with E-state index in [9.17, 15) is 4.79 Å². The second-order valence-corrected chi connectivity index (χ2v) is 10.1. The van der Waals surface area contributed by atoms with E-state index in [2.05, 4.69) is 6.92 Å². The van der Waals surface area contributed by atoms with Crippen molar-refractivity contribution < 1.29 is 23.7 Å². The molecule has 5 nitrogen and oxygen atoms in total. The van der Waals surface area contributed by atoms with E-state index in [1.165, 1.54) is 19.3 Å². The summed E-state index contributed by atoms with van der Waals surface area (Å²) in [6.07, 6.45) is 9.24. The molecule has 9 atom stereocenters. The Bertz CT molecular complexity index is 650. The van der Waals surface area contributed by atoms with E-state index in [1.54, 1.807) is 7.11 Å². The summed E-state index contributed by atoms with van der Waals surface area (Å²) in [6, 6.07) is 0. The van der Waals surface area contributed by atoms with Gasteiger partial charge in [0.1, 0.15) is 6.79 Å². The summed E-state index contributed by atoms with van der Waals surface area (Å²) in [5.74, 6) is 1.72. The zero-order valence-electron chi connectivity index (χ0n) is 15.9. The van der Waals surface area contributed by atoms with Crippen LogP contribution in [0.15, 0.2) is 0 Å². The van der Waals surface area contributed by atoms with Crippen LogP contribution in [0.2, 0.25) is 0 Å². The second-order valence-electron chi connectivity index (χ2n) is 10.1. The molecule has 144 valence electrons. The topological polar surface area (TPSA) is 54.0 Å². The maximum absolute atomic E-state index is 12.8. The SMILES string of the molecule is COCO[C@@H]1CC2CC[C@]13C(C2)C12CCC[C@@]4(C)C(=O)OC1O[C@H]3C[C@@H]24. The van der Waals surface area contributed by atoms with Crippen LogP contribution in [-0.4, -0.2) is 38.4 Å². The van der Waals surface area contributed by atoms with Gasteiger partial charge < -0.3 is 18.9 Å². The first-order valence-electron chi connectivity index (χ1n) is 10.5. The van der Waals surface area contributed by atoms with Crippen LogP contribution in [0.3, 0.4) is 0 Å². The number of ether oxygens (including phenoxy) is 4. The molecule has 8 rings (SSSR count). The van der Waals surface area contributed by atoms with Gasteiger partial charge in [-0.05, 0) is 69.6 Å². The summed E-state index contributed by atoms with van der Waals surface area (Å²) < 4.78 is 24.1. The van der Waals surface area contributed by atoms with Crippen LogP contribution in [0.25, 0.3) is 0 Å². The van der Waals surface area contributed by atoms with E-state index in [4.69, 9.17) is 18.9 Å². The van der Waals surface area contributed by atoms with E-state index in [-0.39, 0.29) is 40.7 Å². The van der Waals surface area contributed by atoms with Crippen LogP contribution < -0.4 is 0 Å². The largest absolute Gasteiger partial charge is 0.435 e. The van der Waals surface area contributed by atoms with E-state index in [0.29, 0.717) is 18.6 Å². The minimum atomic E-state index is -0.315. The molecule has 5 aliphatic carbocycles. The van der Waals surface area contributed by atoms with Crippen molar-refractivity contribution in [1.82, 2.24) is 0 Å². The normalized spacial score (nSPS) is 59.1. The highest BCUT2D eigenvalue weighted by Gasteiger charge is 2.80. The third kappa shape index (κ3) is 1.60. The van der Waals surface area contributed by atoms with Crippen LogP contribution in [0.1, 0.15) is 58.3 Å². The molecule has 3 saturated heterocycles. The summed E-state index contributed by atoms with van der Waals surface area (Å²) in [7, 11) is 1.70. The average Bonchev–Trinajstić information content (AvgIpc) is 2.65. The Labute approximate surface area is 155 Å². The van der Waals surface area contributed by atoms with E-state index in [1.807, 2.05) is 0 Å². The van der Waals surface area contributed by atoms with E-state index in [0.717, 1.165) is 38.0 Å². The van der Waals surface area contributed by atoms with Crippen molar-refractivity contribution in [2.24, 2.45) is 34.0 Å². The first-order chi connectivity index (χ1) is 12.6. The maximum Gasteiger partial charge on any atom is 0.314 e. The van der Waals surface area contributed by atoms with Crippen LogP contribution in [0.5, 0.6) is 0 Å². The van der Waals surface area contributed by atoms with Gasteiger partial charge in [-0.25, -0.2) is 0 Å². The number of methoxy groups -OCH3 is 1. The zero-order chi connectivity index (χ0) is 17.7. The summed E-state index contributed by atoms with van der Waals surface area (Å²) in [5.41, 5.74) is -0.191. The lowest BCUT2D eigenvalue weighted by molar-refractivity contribution is -0.425. The number of carbonyl (C=O) groups excluding carboxylic acids is 1. The van der Waals surface area contributed by atoms with Gasteiger partial charge >= 0.3 is 5.97 Å². The Morgan fingerprint density at radius 2 is 2.00 bits per heavy atom. The van der Waals surface area contributed by atoms with Gasteiger partial charge in [-0.15, -0.1) is 0 Å². The van der Waals surface area contributed by atoms with Gasteiger partial charge in [-0.2, -0.15) is 0 Å². The summed E-state index contributed by atoms with van der Waals surface area (Å²) >= 11 is 0. The van der Waals surface area contributed by atoms with Gasteiger partial charge in [0.2, 0.25) is 6.29 Å². The number of fused-ring (bicyclic) bond motifs is 2. The Morgan fingerprint density at radius 3 is 2.85 bits per heavy atom. The van der Waals surface area contributed by atoms with Crippen molar-refractivity contribution in [3.63, 3.8) is 0 Å². The minimum absolute atomic E-state index is 0.00891. The monoisotopic (exact) mass is 362 g/mol. The average molecular weight is 362 g/mol. The molecule has 8 fully saturated rings. The molecule has 3 aliphatic heterocycles. The molecular formula is C21H30O5. The molecule has 0 aromatic rings. The molecule has 7 bridgehead atoms. The third-order valence-corrected chi connectivity index (χ3v) is 9.57. The van der Waals surface area contributed by atoms with Gasteiger partial charge in [0.25, 0.3) is 0 Å². The first kappa shape index (κ1) is 16.3. The molecule has 3 heterocycles. The van der Waals surface area contributed by atoms with Gasteiger partial charge in [0.05, 0.1) is 17.6 Å². The van der Waals surface area contributed by atoms with Crippen molar-refractivity contribution in [2.45, 2.75) is 76.8 Å².